The highest BCUT2D eigenvalue weighted by Gasteiger charge is 2.06. The van der Waals surface area contributed by atoms with Crippen LogP contribution in [-0.2, 0) is 0 Å². The van der Waals surface area contributed by atoms with Gasteiger partial charge in [-0.05, 0) is 12.1 Å². The third kappa shape index (κ3) is 1.04. The monoisotopic (exact) mass is 179 g/mol. The molecule has 1 heterocycles. The first-order valence-electron chi connectivity index (χ1n) is 3.65. The van der Waals surface area contributed by atoms with Crippen LogP contribution in [0, 0.1) is 0 Å². The van der Waals surface area contributed by atoms with E-state index in [0.29, 0.717) is 17.0 Å². The summed E-state index contributed by atoms with van der Waals surface area (Å²) < 4.78 is 1.31. The highest BCUT2D eigenvalue weighted by Crippen LogP contribution is 2.20. The minimum atomic E-state index is 0.147. The quantitative estimate of drug-likeness (QED) is 0.357. The SMILES string of the molecule is NNc1nc2cc(O)ccc2n1N. The summed E-state index contributed by atoms with van der Waals surface area (Å²) in [5.41, 5.74) is 3.64. The second-order valence-corrected chi connectivity index (χ2v) is 2.62. The average Bonchev–Trinajstić information content (AvgIpc) is 2.42. The Morgan fingerprint density at radius 1 is 1.46 bits per heavy atom. The van der Waals surface area contributed by atoms with Crippen molar-refractivity contribution in [3.05, 3.63) is 18.2 Å². The normalized spacial score (nSPS) is 10.5. The van der Waals surface area contributed by atoms with Crippen molar-refractivity contribution in [1.82, 2.24) is 9.66 Å². The summed E-state index contributed by atoms with van der Waals surface area (Å²) in [5, 5.41) is 9.16. The molecule has 0 radical (unpaired) electrons. The van der Waals surface area contributed by atoms with Gasteiger partial charge < -0.3 is 10.9 Å². The Balaban J connectivity index is 2.76. The number of aromatic nitrogens is 2. The molecule has 0 fully saturated rings. The fraction of sp³-hybridized carbons (Fsp3) is 0. The Hall–Kier alpha value is -1.95. The third-order valence-electron chi connectivity index (χ3n) is 1.80. The average molecular weight is 179 g/mol. The Labute approximate surface area is 73.7 Å². The van der Waals surface area contributed by atoms with Crippen LogP contribution in [-0.4, -0.2) is 14.8 Å². The van der Waals surface area contributed by atoms with Crippen LogP contribution >= 0.6 is 0 Å². The highest BCUT2D eigenvalue weighted by atomic mass is 16.3. The molecule has 68 valence electrons. The molecule has 2 rings (SSSR count). The fourth-order valence-corrected chi connectivity index (χ4v) is 1.19. The lowest BCUT2D eigenvalue weighted by Gasteiger charge is -1.98. The molecule has 0 aliphatic heterocycles. The van der Waals surface area contributed by atoms with E-state index in [9.17, 15) is 0 Å². The van der Waals surface area contributed by atoms with Gasteiger partial charge in [0.1, 0.15) is 5.75 Å². The molecular weight excluding hydrogens is 170 g/mol. The number of hydrazine groups is 1. The Morgan fingerprint density at radius 3 is 2.92 bits per heavy atom. The zero-order valence-corrected chi connectivity index (χ0v) is 6.73. The molecule has 13 heavy (non-hydrogen) atoms. The van der Waals surface area contributed by atoms with Crippen LogP contribution in [0.1, 0.15) is 0 Å². The standard InChI is InChI=1S/C7H9N5O/c8-11-7-10-5-3-4(13)1-2-6(5)12(7)9/h1-3,13H,8-9H2,(H,10,11). The van der Waals surface area contributed by atoms with Crippen molar-refractivity contribution in [3.63, 3.8) is 0 Å². The topological polar surface area (TPSA) is 102 Å². The van der Waals surface area contributed by atoms with Crippen molar-refractivity contribution in [1.29, 1.82) is 0 Å². The van der Waals surface area contributed by atoms with Crippen molar-refractivity contribution in [2.45, 2.75) is 0 Å². The second kappa shape index (κ2) is 2.53. The maximum absolute atomic E-state index is 9.16. The maximum Gasteiger partial charge on any atom is 0.237 e. The molecule has 1 aromatic heterocycles. The molecule has 0 atom stereocenters. The van der Waals surface area contributed by atoms with Gasteiger partial charge in [0, 0.05) is 6.07 Å². The molecule has 2 aromatic rings. The van der Waals surface area contributed by atoms with Crippen molar-refractivity contribution in [3.8, 4) is 5.75 Å². The van der Waals surface area contributed by atoms with Gasteiger partial charge in [-0.1, -0.05) is 0 Å². The van der Waals surface area contributed by atoms with E-state index in [4.69, 9.17) is 16.8 Å². The zero-order chi connectivity index (χ0) is 9.42. The Bertz CT molecular complexity index is 449. The molecule has 0 unspecified atom stereocenters. The van der Waals surface area contributed by atoms with Gasteiger partial charge in [-0.25, -0.2) is 15.5 Å². The maximum atomic E-state index is 9.16. The first-order valence-corrected chi connectivity index (χ1v) is 3.65. The van der Waals surface area contributed by atoms with Crippen LogP contribution in [0.2, 0.25) is 0 Å². The van der Waals surface area contributed by atoms with E-state index in [2.05, 4.69) is 10.4 Å². The van der Waals surface area contributed by atoms with E-state index in [0.717, 1.165) is 0 Å². The minimum Gasteiger partial charge on any atom is -0.508 e. The fourth-order valence-electron chi connectivity index (χ4n) is 1.19. The predicted molar refractivity (Wildman–Crippen MR) is 49.4 cm³/mol. The van der Waals surface area contributed by atoms with Gasteiger partial charge in [-0.2, -0.15) is 0 Å². The molecule has 0 spiro atoms. The smallest absolute Gasteiger partial charge is 0.237 e. The Morgan fingerprint density at radius 2 is 2.23 bits per heavy atom. The number of imidazole rings is 1. The van der Waals surface area contributed by atoms with E-state index in [1.807, 2.05) is 0 Å². The summed E-state index contributed by atoms with van der Waals surface area (Å²) in [6.07, 6.45) is 0. The molecule has 0 amide bonds. The second-order valence-electron chi connectivity index (χ2n) is 2.62. The molecule has 6 N–H and O–H groups in total. The first-order chi connectivity index (χ1) is 6.22. The van der Waals surface area contributed by atoms with Gasteiger partial charge in [0.05, 0.1) is 11.0 Å². The van der Waals surface area contributed by atoms with E-state index in [1.54, 1.807) is 6.07 Å². The van der Waals surface area contributed by atoms with E-state index in [-0.39, 0.29) is 5.75 Å². The molecule has 1 aromatic carbocycles. The summed E-state index contributed by atoms with van der Waals surface area (Å²) in [5.74, 6) is 11.3. The number of phenolic OH excluding ortho intramolecular Hbond substituents is 1. The summed E-state index contributed by atoms with van der Waals surface area (Å²) in [7, 11) is 0. The van der Waals surface area contributed by atoms with Gasteiger partial charge in [-0.15, -0.1) is 0 Å². The molecule has 0 saturated heterocycles. The van der Waals surface area contributed by atoms with Crippen LogP contribution in [0.5, 0.6) is 5.75 Å². The number of nitrogens with one attached hydrogen (secondary N) is 1. The highest BCUT2D eigenvalue weighted by molar-refractivity contribution is 5.80. The van der Waals surface area contributed by atoms with Crippen LogP contribution < -0.4 is 17.1 Å². The summed E-state index contributed by atoms with van der Waals surface area (Å²) >= 11 is 0. The van der Waals surface area contributed by atoms with Gasteiger partial charge in [0.15, 0.2) is 0 Å². The number of rotatable bonds is 1. The van der Waals surface area contributed by atoms with Crippen LogP contribution in [0.4, 0.5) is 5.95 Å². The first kappa shape index (κ1) is 7.69. The van der Waals surface area contributed by atoms with E-state index < -0.39 is 0 Å². The number of hydrogen-bond acceptors (Lipinski definition) is 5. The number of benzene rings is 1. The number of phenols is 1. The van der Waals surface area contributed by atoms with E-state index >= 15 is 0 Å². The van der Waals surface area contributed by atoms with Crippen LogP contribution in [0.15, 0.2) is 18.2 Å². The number of nitrogens with two attached hydrogens (primary N) is 2. The molecule has 0 aliphatic carbocycles. The van der Waals surface area contributed by atoms with Gasteiger partial charge in [0.25, 0.3) is 0 Å². The lowest BCUT2D eigenvalue weighted by molar-refractivity contribution is 0.476. The van der Waals surface area contributed by atoms with E-state index in [1.165, 1.54) is 16.8 Å². The van der Waals surface area contributed by atoms with Crippen LogP contribution in [0.25, 0.3) is 11.0 Å². The molecular formula is C7H9N5O. The summed E-state index contributed by atoms with van der Waals surface area (Å²) in [6.45, 7) is 0. The number of fused-ring (bicyclic) bond motifs is 1. The number of hydrogen-bond donors (Lipinski definition) is 4. The molecule has 0 bridgehead atoms. The van der Waals surface area contributed by atoms with Crippen molar-refractivity contribution in [2.75, 3.05) is 11.3 Å². The lowest BCUT2D eigenvalue weighted by atomic mass is 10.3. The number of nitrogens with zero attached hydrogens (tertiary/aromatic N) is 2. The van der Waals surface area contributed by atoms with Gasteiger partial charge in [0.2, 0.25) is 5.95 Å². The molecule has 0 saturated carbocycles. The number of aromatic hydroxyl groups is 1. The zero-order valence-electron chi connectivity index (χ0n) is 6.73. The third-order valence-corrected chi connectivity index (χ3v) is 1.80. The molecule has 0 aliphatic rings. The largest absolute Gasteiger partial charge is 0.508 e. The molecule has 6 nitrogen and oxygen atoms in total. The summed E-state index contributed by atoms with van der Waals surface area (Å²) in [6, 6.07) is 4.71. The molecule has 6 heteroatoms. The predicted octanol–water partition coefficient (Wildman–Crippen LogP) is -0.259. The summed E-state index contributed by atoms with van der Waals surface area (Å²) in [4.78, 5) is 4.03. The van der Waals surface area contributed by atoms with Crippen LogP contribution in [0.3, 0.4) is 0 Å². The van der Waals surface area contributed by atoms with Crippen molar-refractivity contribution < 1.29 is 5.11 Å². The van der Waals surface area contributed by atoms with Crippen molar-refractivity contribution in [2.24, 2.45) is 5.84 Å². The number of nitrogen functional groups attached to an aromatic ring is 2. The lowest BCUT2D eigenvalue weighted by Crippen LogP contribution is -2.17. The van der Waals surface area contributed by atoms with Crippen molar-refractivity contribution >= 4 is 17.0 Å². The van der Waals surface area contributed by atoms with Gasteiger partial charge in [-0.3, -0.25) is 5.43 Å². The minimum absolute atomic E-state index is 0.147. The van der Waals surface area contributed by atoms with Gasteiger partial charge >= 0.3 is 0 Å². The number of anilines is 1. The Kier molecular flexibility index (Phi) is 1.49.